The maximum Gasteiger partial charge on any atom is 0.351 e. The summed E-state index contributed by atoms with van der Waals surface area (Å²) in [5.74, 6) is -0.531. The van der Waals surface area contributed by atoms with Crippen molar-refractivity contribution in [2.45, 2.75) is 30.3 Å². The van der Waals surface area contributed by atoms with Gasteiger partial charge in [-0.15, -0.1) is 5.10 Å². The molecule has 7 nitrogen and oxygen atoms in total. The molecule has 8 heteroatoms. The summed E-state index contributed by atoms with van der Waals surface area (Å²) in [6, 6.07) is 6.13. The zero-order chi connectivity index (χ0) is 17.3. The largest absolute Gasteiger partial charge is 0.468 e. The van der Waals surface area contributed by atoms with Gasteiger partial charge in [-0.2, -0.15) is 0 Å². The number of rotatable bonds is 4. The Morgan fingerprint density at radius 1 is 1.33 bits per heavy atom. The molecule has 2 aromatic heterocycles. The van der Waals surface area contributed by atoms with Crippen molar-refractivity contribution in [2.75, 3.05) is 7.11 Å². The van der Waals surface area contributed by atoms with Crippen LogP contribution in [0.4, 0.5) is 0 Å². The minimum atomic E-state index is -0.531. The molecule has 0 atom stereocenters. The molecule has 3 rings (SSSR count). The Morgan fingerprint density at radius 3 is 2.83 bits per heavy atom. The monoisotopic (exact) mass is 344 g/mol. The van der Waals surface area contributed by atoms with E-state index in [1.807, 2.05) is 26.0 Å². The quantitative estimate of drug-likeness (QED) is 0.672. The van der Waals surface area contributed by atoms with Crippen LogP contribution in [0.5, 0.6) is 0 Å². The maximum atomic E-state index is 12.3. The first-order valence-corrected chi connectivity index (χ1v) is 8.07. The highest BCUT2D eigenvalue weighted by Gasteiger charge is 2.15. The number of hydrogen-bond acceptors (Lipinski definition) is 6. The number of ether oxygens (including phenoxy) is 1. The average Bonchev–Trinajstić information content (AvgIpc) is 2.87. The Kier molecular flexibility index (Phi) is 4.39. The van der Waals surface area contributed by atoms with Gasteiger partial charge < -0.3 is 4.74 Å². The summed E-state index contributed by atoms with van der Waals surface area (Å²) in [6.45, 7) is 3.83. The van der Waals surface area contributed by atoms with Crippen LogP contribution in [0.25, 0.3) is 5.65 Å². The van der Waals surface area contributed by atoms with Crippen molar-refractivity contribution >= 4 is 23.4 Å². The van der Waals surface area contributed by atoms with E-state index in [-0.39, 0.29) is 6.54 Å². The smallest absolute Gasteiger partial charge is 0.351 e. The van der Waals surface area contributed by atoms with E-state index in [0.29, 0.717) is 10.7 Å². The van der Waals surface area contributed by atoms with Crippen molar-refractivity contribution in [3.8, 4) is 0 Å². The average molecular weight is 344 g/mol. The second-order valence-corrected chi connectivity index (χ2v) is 6.34. The molecule has 0 fully saturated rings. The fourth-order valence-electron chi connectivity index (χ4n) is 2.31. The number of methoxy groups -OCH3 is 1. The van der Waals surface area contributed by atoms with E-state index in [2.05, 4.69) is 20.9 Å². The number of carbonyl (C=O) groups excluding carboxylic acids is 1. The SMILES string of the molecule is COC(=O)Cn1nc2c(Sc3ccc(C)cc3C)nccn2c1=O. The van der Waals surface area contributed by atoms with E-state index in [9.17, 15) is 9.59 Å². The van der Waals surface area contributed by atoms with Gasteiger partial charge in [0.2, 0.25) is 0 Å². The molecule has 0 saturated carbocycles. The van der Waals surface area contributed by atoms with Crippen molar-refractivity contribution in [1.82, 2.24) is 19.2 Å². The second kappa shape index (κ2) is 6.48. The first-order chi connectivity index (χ1) is 11.5. The van der Waals surface area contributed by atoms with Gasteiger partial charge in [0.25, 0.3) is 0 Å². The highest BCUT2D eigenvalue weighted by molar-refractivity contribution is 7.99. The zero-order valence-electron chi connectivity index (χ0n) is 13.5. The predicted octanol–water partition coefficient (Wildman–Crippen LogP) is 1.83. The van der Waals surface area contributed by atoms with Crippen LogP contribution in [0.15, 0.2) is 45.3 Å². The second-order valence-electron chi connectivity index (χ2n) is 5.31. The summed E-state index contributed by atoms with van der Waals surface area (Å²) in [6.07, 6.45) is 3.08. The van der Waals surface area contributed by atoms with Crippen molar-refractivity contribution in [3.05, 3.63) is 52.2 Å². The number of aryl methyl sites for hydroxylation is 2. The summed E-state index contributed by atoms with van der Waals surface area (Å²) >= 11 is 1.44. The molecule has 124 valence electrons. The van der Waals surface area contributed by atoms with Gasteiger partial charge in [0.1, 0.15) is 11.6 Å². The third-order valence-electron chi connectivity index (χ3n) is 3.51. The molecule has 3 aromatic rings. The molecule has 0 unspecified atom stereocenters. The molecule has 0 aliphatic carbocycles. The van der Waals surface area contributed by atoms with E-state index in [0.717, 1.165) is 15.1 Å². The number of esters is 1. The van der Waals surface area contributed by atoms with Crippen LogP contribution in [-0.4, -0.2) is 32.2 Å². The van der Waals surface area contributed by atoms with Gasteiger partial charge in [-0.05, 0) is 25.5 Å². The highest BCUT2D eigenvalue weighted by atomic mass is 32.2. The lowest BCUT2D eigenvalue weighted by molar-refractivity contribution is -0.141. The van der Waals surface area contributed by atoms with E-state index < -0.39 is 11.7 Å². The summed E-state index contributed by atoms with van der Waals surface area (Å²) < 4.78 is 7.04. The molecule has 24 heavy (non-hydrogen) atoms. The van der Waals surface area contributed by atoms with E-state index in [4.69, 9.17) is 0 Å². The van der Waals surface area contributed by atoms with Gasteiger partial charge in [0, 0.05) is 17.3 Å². The lowest BCUT2D eigenvalue weighted by Crippen LogP contribution is -2.25. The fourth-order valence-corrected chi connectivity index (χ4v) is 3.21. The summed E-state index contributed by atoms with van der Waals surface area (Å²) in [7, 11) is 1.27. The number of carbonyl (C=O) groups is 1. The molecule has 0 radical (unpaired) electrons. The van der Waals surface area contributed by atoms with Crippen LogP contribution in [0.3, 0.4) is 0 Å². The molecular weight excluding hydrogens is 328 g/mol. The topological polar surface area (TPSA) is 78.5 Å². The summed E-state index contributed by atoms with van der Waals surface area (Å²) in [4.78, 5) is 29.1. The van der Waals surface area contributed by atoms with Crippen LogP contribution in [-0.2, 0) is 16.1 Å². The molecular formula is C16H16N4O3S. The number of fused-ring (bicyclic) bond motifs is 1. The van der Waals surface area contributed by atoms with Gasteiger partial charge in [0.05, 0.1) is 7.11 Å². The number of benzene rings is 1. The normalized spacial score (nSPS) is 11.0. The van der Waals surface area contributed by atoms with Gasteiger partial charge in [-0.3, -0.25) is 4.79 Å². The minimum absolute atomic E-state index is 0.231. The molecule has 0 spiro atoms. The Morgan fingerprint density at radius 2 is 2.12 bits per heavy atom. The van der Waals surface area contributed by atoms with Gasteiger partial charge >= 0.3 is 11.7 Å². The maximum absolute atomic E-state index is 12.3. The van der Waals surface area contributed by atoms with Crippen molar-refractivity contribution in [1.29, 1.82) is 0 Å². The molecule has 0 saturated heterocycles. The molecule has 0 aliphatic heterocycles. The van der Waals surface area contributed by atoms with E-state index >= 15 is 0 Å². The Labute approximate surface area is 142 Å². The van der Waals surface area contributed by atoms with Crippen LogP contribution in [0.1, 0.15) is 11.1 Å². The standard InChI is InChI=1S/C16H16N4O3S/c1-10-4-5-12(11(2)8-10)24-15-14-18-20(9-13(21)23-3)16(22)19(14)7-6-17-15/h4-8H,9H2,1-3H3. The third-order valence-corrected chi connectivity index (χ3v) is 4.67. The highest BCUT2D eigenvalue weighted by Crippen LogP contribution is 2.30. The first-order valence-electron chi connectivity index (χ1n) is 7.25. The van der Waals surface area contributed by atoms with E-state index in [1.54, 1.807) is 6.20 Å². The Bertz CT molecular complexity index is 977. The summed E-state index contributed by atoms with van der Waals surface area (Å²) in [5.41, 5.74) is 2.32. The lowest BCUT2D eigenvalue weighted by Gasteiger charge is -2.06. The molecule has 1 aromatic carbocycles. The van der Waals surface area contributed by atoms with Gasteiger partial charge in [-0.25, -0.2) is 18.9 Å². The van der Waals surface area contributed by atoms with Crippen LogP contribution < -0.4 is 5.69 Å². The van der Waals surface area contributed by atoms with Gasteiger partial charge in [-0.1, -0.05) is 29.5 Å². The van der Waals surface area contributed by atoms with Crippen LogP contribution >= 0.6 is 11.8 Å². The fraction of sp³-hybridized carbons (Fsp3) is 0.250. The summed E-state index contributed by atoms with van der Waals surface area (Å²) in [5, 5.41) is 4.83. The van der Waals surface area contributed by atoms with Gasteiger partial charge in [0.15, 0.2) is 5.65 Å². The number of nitrogens with zero attached hydrogens (tertiary/aromatic N) is 4. The molecule has 0 amide bonds. The van der Waals surface area contributed by atoms with Crippen molar-refractivity contribution in [3.63, 3.8) is 0 Å². The predicted molar refractivity (Wildman–Crippen MR) is 89.3 cm³/mol. The Balaban J connectivity index is 2.04. The number of aromatic nitrogens is 4. The van der Waals surface area contributed by atoms with E-state index in [1.165, 1.54) is 35.0 Å². The zero-order valence-corrected chi connectivity index (χ0v) is 14.3. The van der Waals surface area contributed by atoms with Crippen LogP contribution in [0, 0.1) is 13.8 Å². The lowest BCUT2D eigenvalue weighted by atomic mass is 10.2. The molecule has 0 aliphatic rings. The van der Waals surface area contributed by atoms with Crippen molar-refractivity contribution in [2.24, 2.45) is 0 Å². The number of hydrogen-bond donors (Lipinski definition) is 0. The van der Waals surface area contributed by atoms with Crippen LogP contribution in [0.2, 0.25) is 0 Å². The minimum Gasteiger partial charge on any atom is -0.468 e. The first kappa shape index (κ1) is 16.3. The molecule has 0 bridgehead atoms. The molecule has 0 N–H and O–H groups in total. The molecule has 2 heterocycles. The Hall–Kier alpha value is -2.61. The van der Waals surface area contributed by atoms with Crippen molar-refractivity contribution < 1.29 is 9.53 Å². The third kappa shape index (κ3) is 3.05.